The first kappa shape index (κ1) is 19.9. The minimum absolute atomic E-state index is 0.0946. The largest absolute Gasteiger partial charge is 0.457 e. The van der Waals surface area contributed by atoms with Crippen LogP contribution >= 0.6 is 0 Å². The first-order chi connectivity index (χ1) is 15.8. The Bertz CT molecular complexity index is 1270. The average Bonchev–Trinajstić information content (AvgIpc) is 3.47. The standard InChI is InChI=1S/C24H23N5O3/c30-24-26-12-4-2-1-3-8-22-27-23(29-28-22)16-6-5-7-17(14-16)32-21-10-9-20-18(11-13-25-20)19(21)15-31-24/h1-2,5-7,9-11,13-14,25H,3-4,8,12,15H2,(H,26,30)(H,27,28,29). The Morgan fingerprint density at radius 1 is 1.03 bits per heavy atom. The highest BCUT2D eigenvalue weighted by Crippen LogP contribution is 2.33. The Labute approximate surface area is 184 Å². The Kier molecular flexibility index (Phi) is 5.57. The van der Waals surface area contributed by atoms with Crippen LogP contribution in [0.5, 0.6) is 11.5 Å². The number of amides is 1. The number of nitrogens with one attached hydrogen (secondary N) is 3. The van der Waals surface area contributed by atoms with E-state index in [1.165, 1.54) is 0 Å². The van der Waals surface area contributed by atoms with Crippen LogP contribution in [-0.2, 0) is 17.8 Å². The first-order valence-electron chi connectivity index (χ1n) is 10.6. The second-order valence-electron chi connectivity index (χ2n) is 7.51. The number of nitrogens with zero attached hydrogens (tertiary/aromatic N) is 2. The van der Waals surface area contributed by atoms with Crippen LogP contribution in [0.2, 0.25) is 0 Å². The van der Waals surface area contributed by atoms with Gasteiger partial charge in [0.15, 0.2) is 11.6 Å². The first-order valence-corrected chi connectivity index (χ1v) is 10.6. The molecule has 0 saturated carbocycles. The van der Waals surface area contributed by atoms with E-state index in [0.29, 0.717) is 23.9 Å². The fourth-order valence-corrected chi connectivity index (χ4v) is 3.69. The van der Waals surface area contributed by atoms with Gasteiger partial charge in [0, 0.05) is 41.2 Å². The maximum Gasteiger partial charge on any atom is 0.407 e. The molecule has 0 unspecified atom stereocenters. The predicted molar refractivity (Wildman–Crippen MR) is 120 cm³/mol. The molecular weight excluding hydrogens is 406 g/mol. The van der Waals surface area contributed by atoms with E-state index >= 15 is 0 Å². The van der Waals surface area contributed by atoms with E-state index in [9.17, 15) is 4.79 Å². The molecule has 8 nitrogen and oxygen atoms in total. The summed E-state index contributed by atoms with van der Waals surface area (Å²) in [6.07, 6.45) is 7.80. The molecular formula is C24H23N5O3. The van der Waals surface area contributed by atoms with Crippen LogP contribution in [0.1, 0.15) is 24.2 Å². The molecule has 5 rings (SSSR count). The average molecular weight is 429 g/mol. The Morgan fingerprint density at radius 3 is 2.94 bits per heavy atom. The number of H-pyrrole nitrogens is 2. The molecule has 0 saturated heterocycles. The van der Waals surface area contributed by atoms with E-state index < -0.39 is 6.09 Å². The lowest BCUT2D eigenvalue weighted by molar-refractivity contribution is 0.139. The van der Waals surface area contributed by atoms with Crippen LogP contribution in [0.25, 0.3) is 22.3 Å². The van der Waals surface area contributed by atoms with Gasteiger partial charge < -0.3 is 19.8 Å². The summed E-state index contributed by atoms with van der Waals surface area (Å²) in [7, 11) is 0. The molecule has 1 aliphatic heterocycles. The van der Waals surface area contributed by atoms with Crippen LogP contribution in [0.3, 0.4) is 0 Å². The van der Waals surface area contributed by atoms with Gasteiger partial charge in [0.2, 0.25) is 0 Å². The van der Waals surface area contributed by atoms with Gasteiger partial charge >= 0.3 is 6.09 Å². The van der Waals surface area contributed by atoms with Crippen LogP contribution < -0.4 is 10.1 Å². The number of hydrogen-bond acceptors (Lipinski definition) is 5. The van der Waals surface area contributed by atoms with E-state index in [1.807, 2.05) is 54.7 Å². The molecule has 2 aromatic heterocycles. The number of ether oxygens (including phenoxy) is 2. The normalized spacial score (nSPS) is 14.9. The fraction of sp³-hybridized carbons (Fsp3) is 0.208. The van der Waals surface area contributed by atoms with E-state index in [1.54, 1.807) is 0 Å². The summed E-state index contributed by atoms with van der Waals surface area (Å²) in [6.45, 7) is 0.598. The van der Waals surface area contributed by atoms with Gasteiger partial charge in [-0.1, -0.05) is 24.3 Å². The number of allylic oxidation sites excluding steroid dienone is 1. The number of carbonyl (C=O) groups excluding carboxylic acids is 1. The van der Waals surface area contributed by atoms with Crippen molar-refractivity contribution in [3.8, 4) is 22.9 Å². The third kappa shape index (κ3) is 4.34. The molecule has 3 heterocycles. The maximum atomic E-state index is 12.2. The van der Waals surface area contributed by atoms with Gasteiger partial charge in [-0.3, -0.25) is 5.10 Å². The summed E-state index contributed by atoms with van der Waals surface area (Å²) in [4.78, 5) is 20.0. The highest BCUT2D eigenvalue weighted by molar-refractivity contribution is 5.85. The summed E-state index contributed by atoms with van der Waals surface area (Å²) < 4.78 is 11.7. The van der Waals surface area contributed by atoms with Gasteiger partial charge in [-0.15, -0.1) is 0 Å². The van der Waals surface area contributed by atoms with Crippen molar-refractivity contribution in [1.82, 2.24) is 25.5 Å². The van der Waals surface area contributed by atoms with Crippen molar-refractivity contribution in [2.75, 3.05) is 6.54 Å². The van der Waals surface area contributed by atoms with E-state index in [2.05, 4.69) is 31.6 Å². The zero-order valence-electron chi connectivity index (χ0n) is 17.4. The topological polar surface area (TPSA) is 105 Å². The minimum atomic E-state index is -0.454. The number of cyclic esters (lactones) is 1. The molecule has 32 heavy (non-hydrogen) atoms. The molecule has 0 radical (unpaired) electrons. The Hall–Kier alpha value is -4.07. The number of aryl methyl sites for hydroxylation is 1. The van der Waals surface area contributed by atoms with Crippen LogP contribution in [-0.4, -0.2) is 32.8 Å². The van der Waals surface area contributed by atoms with Gasteiger partial charge in [0.1, 0.15) is 18.1 Å². The molecule has 4 bridgehead atoms. The lowest BCUT2D eigenvalue weighted by atomic mass is 10.1. The van der Waals surface area contributed by atoms with E-state index in [4.69, 9.17) is 9.47 Å². The highest BCUT2D eigenvalue weighted by atomic mass is 16.5. The second-order valence-corrected chi connectivity index (χ2v) is 7.51. The summed E-state index contributed by atoms with van der Waals surface area (Å²) >= 11 is 0. The van der Waals surface area contributed by atoms with Gasteiger partial charge in [-0.25, -0.2) is 9.78 Å². The molecule has 3 N–H and O–H groups in total. The number of benzene rings is 2. The van der Waals surface area contributed by atoms with Crippen molar-refractivity contribution in [2.45, 2.75) is 25.9 Å². The zero-order valence-corrected chi connectivity index (χ0v) is 17.4. The SMILES string of the molecule is O=C1NCCC=CCCc2n[nH]c(n2)-c2cccc(c2)Oc2ccc3[nH]ccc3c2CO1. The third-order valence-corrected chi connectivity index (χ3v) is 5.30. The van der Waals surface area contributed by atoms with Crippen molar-refractivity contribution < 1.29 is 14.3 Å². The number of fused-ring (bicyclic) bond motifs is 8. The molecule has 1 amide bonds. The number of aromatic amines is 2. The number of hydrogen-bond donors (Lipinski definition) is 3. The summed E-state index contributed by atoms with van der Waals surface area (Å²) in [6, 6.07) is 13.4. The molecule has 0 atom stereocenters. The van der Waals surface area contributed by atoms with Crippen molar-refractivity contribution in [3.63, 3.8) is 0 Å². The molecule has 0 aliphatic carbocycles. The van der Waals surface area contributed by atoms with Gasteiger partial charge in [-0.05, 0) is 43.2 Å². The molecule has 0 fully saturated rings. The second kappa shape index (κ2) is 8.97. The van der Waals surface area contributed by atoms with Crippen LogP contribution in [0.4, 0.5) is 4.79 Å². The van der Waals surface area contributed by atoms with Crippen molar-refractivity contribution in [2.24, 2.45) is 0 Å². The molecule has 8 heteroatoms. The fourth-order valence-electron chi connectivity index (χ4n) is 3.69. The maximum absolute atomic E-state index is 12.2. The Morgan fingerprint density at radius 2 is 1.97 bits per heavy atom. The minimum Gasteiger partial charge on any atom is -0.457 e. The number of rotatable bonds is 0. The van der Waals surface area contributed by atoms with Gasteiger partial charge in [-0.2, -0.15) is 5.10 Å². The van der Waals surface area contributed by atoms with Gasteiger partial charge in [0.05, 0.1) is 0 Å². The summed E-state index contributed by atoms with van der Waals surface area (Å²) in [5.41, 5.74) is 2.63. The van der Waals surface area contributed by atoms with E-state index in [-0.39, 0.29) is 6.61 Å². The Balaban J connectivity index is 1.51. The smallest absolute Gasteiger partial charge is 0.407 e. The van der Waals surface area contributed by atoms with Crippen molar-refractivity contribution in [1.29, 1.82) is 0 Å². The molecule has 162 valence electrons. The van der Waals surface area contributed by atoms with Crippen molar-refractivity contribution in [3.05, 3.63) is 72.2 Å². The number of carbonyl (C=O) groups is 1. The monoisotopic (exact) mass is 429 g/mol. The summed E-state index contributed by atoms with van der Waals surface area (Å²) in [5.74, 6) is 2.74. The van der Waals surface area contributed by atoms with Crippen molar-refractivity contribution >= 4 is 17.0 Å². The lowest BCUT2D eigenvalue weighted by Gasteiger charge is -2.14. The number of alkyl carbamates (subject to hydrolysis) is 1. The van der Waals surface area contributed by atoms with Gasteiger partial charge in [0.25, 0.3) is 0 Å². The highest BCUT2D eigenvalue weighted by Gasteiger charge is 2.14. The lowest BCUT2D eigenvalue weighted by Crippen LogP contribution is -2.25. The molecule has 0 spiro atoms. The zero-order chi connectivity index (χ0) is 21.8. The molecule has 4 aromatic rings. The number of aromatic nitrogens is 4. The van der Waals surface area contributed by atoms with Crippen LogP contribution in [0, 0.1) is 0 Å². The summed E-state index contributed by atoms with van der Waals surface area (Å²) in [5, 5.41) is 11.1. The van der Waals surface area contributed by atoms with E-state index in [0.717, 1.165) is 47.1 Å². The molecule has 2 aromatic carbocycles. The van der Waals surface area contributed by atoms with Crippen LogP contribution in [0.15, 0.2) is 60.8 Å². The predicted octanol–water partition coefficient (Wildman–Crippen LogP) is 4.86. The third-order valence-electron chi connectivity index (χ3n) is 5.30. The molecule has 1 aliphatic rings. The quantitative estimate of drug-likeness (QED) is 0.346.